The molecule has 0 spiro atoms. The zero-order valence-corrected chi connectivity index (χ0v) is 18.3. The summed E-state index contributed by atoms with van der Waals surface area (Å²) in [5.74, 6) is 0.950. The molecular weight excluding hydrogens is 423 g/mol. The predicted molar refractivity (Wildman–Crippen MR) is 121 cm³/mol. The third-order valence-electron chi connectivity index (χ3n) is 4.71. The topological polar surface area (TPSA) is 88.7 Å². The van der Waals surface area contributed by atoms with E-state index in [4.69, 9.17) is 33.7 Å². The highest BCUT2D eigenvalue weighted by Crippen LogP contribution is 2.26. The number of aliphatic imine (C=N–C) groups is 1. The Kier molecular flexibility index (Phi) is 7.82. The van der Waals surface area contributed by atoms with Gasteiger partial charge in [-0.2, -0.15) is 0 Å². The van der Waals surface area contributed by atoms with Crippen LogP contribution in [0.5, 0.6) is 5.75 Å². The van der Waals surface area contributed by atoms with Gasteiger partial charge in [-0.15, -0.1) is 0 Å². The van der Waals surface area contributed by atoms with E-state index in [9.17, 15) is 4.79 Å². The number of guanidine groups is 1. The summed E-state index contributed by atoms with van der Waals surface area (Å²) in [6.45, 7) is 2.54. The fourth-order valence-electron chi connectivity index (χ4n) is 2.90. The van der Waals surface area contributed by atoms with Crippen molar-refractivity contribution >= 4 is 35.1 Å². The molecule has 1 unspecified atom stereocenters. The molecule has 1 atom stereocenters. The van der Waals surface area contributed by atoms with Crippen molar-refractivity contribution in [1.29, 1.82) is 0 Å². The highest BCUT2D eigenvalue weighted by atomic mass is 35.5. The van der Waals surface area contributed by atoms with E-state index in [2.05, 4.69) is 15.6 Å². The lowest BCUT2D eigenvalue weighted by Gasteiger charge is -2.16. The van der Waals surface area contributed by atoms with Crippen molar-refractivity contribution in [3.05, 3.63) is 63.6 Å². The molecule has 2 aromatic carbocycles. The van der Waals surface area contributed by atoms with Crippen molar-refractivity contribution in [3.8, 4) is 5.75 Å². The first-order valence-corrected chi connectivity index (χ1v) is 10.7. The molecule has 0 saturated heterocycles. The van der Waals surface area contributed by atoms with Gasteiger partial charge in [0.2, 0.25) is 0 Å². The Hall–Kier alpha value is -2.44. The number of hydrogen-bond acceptors (Lipinski definition) is 3. The molecule has 8 heteroatoms. The average molecular weight is 449 g/mol. The Balaban J connectivity index is 1.41. The summed E-state index contributed by atoms with van der Waals surface area (Å²) in [5.41, 5.74) is 8.01. The van der Waals surface area contributed by atoms with Gasteiger partial charge in [-0.3, -0.25) is 9.79 Å². The lowest BCUT2D eigenvalue weighted by Crippen LogP contribution is -2.34. The van der Waals surface area contributed by atoms with E-state index in [1.165, 1.54) is 0 Å². The van der Waals surface area contributed by atoms with Crippen LogP contribution in [0.2, 0.25) is 10.0 Å². The first-order chi connectivity index (χ1) is 14.4. The Morgan fingerprint density at radius 2 is 1.97 bits per heavy atom. The molecule has 6 nitrogen and oxygen atoms in total. The first-order valence-electron chi connectivity index (χ1n) is 9.93. The second-order valence-corrected chi connectivity index (χ2v) is 8.17. The van der Waals surface area contributed by atoms with Crippen LogP contribution in [0.4, 0.5) is 0 Å². The van der Waals surface area contributed by atoms with Gasteiger partial charge in [0.25, 0.3) is 5.91 Å². The van der Waals surface area contributed by atoms with E-state index in [1.54, 1.807) is 12.1 Å². The molecule has 0 aliphatic heterocycles. The van der Waals surface area contributed by atoms with Gasteiger partial charge in [0.1, 0.15) is 5.75 Å². The normalized spacial score (nSPS) is 14.8. The number of carbonyl (C=O) groups excluding carboxylic acids is 1. The van der Waals surface area contributed by atoms with E-state index in [0.29, 0.717) is 34.3 Å². The molecule has 0 radical (unpaired) electrons. The van der Waals surface area contributed by atoms with Crippen LogP contribution in [0.25, 0.3) is 0 Å². The van der Waals surface area contributed by atoms with Crippen LogP contribution >= 0.6 is 23.2 Å². The SMILES string of the molecule is CC(NC(N)=NCCc1ccc(OCC(=O)NC2CC2)cc1)c1ccc(Cl)cc1Cl. The van der Waals surface area contributed by atoms with Crippen LogP contribution in [-0.2, 0) is 11.2 Å². The highest BCUT2D eigenvalue weighted by molar-refractivity contribution is 6.35. The Morgan fingerprint density at radius 3 is 2.63 bits per heavy atom. The zero-order valence-electron chi connectivity index (χ0n) is 16.8. The van der Waals surface area contributed by atoms with Crippen molar-refractivity contribution in [2.75, 3.05) is 13.2 Å². The number of ether oxygens (including phenoxy) is 1. The van der Waals surface area contributed by atoms with Gasteiger partial charge in [0.15, 0.2) is 12.6 Å². The van der Waals surface area contributed by atoms with Crippen LogP contribution in [0.15, 0.2) is 47.5 Å². The number of nitrogens with one attached hydrogen (secondary N) is 2. The van der Waals surface area contributed by atoms with Crippen molar-refractivity contribution in [2.45, 2.75) is 38.3 Å². The summed E-state index contributed by atoms with van der Waals surface area (Å²) < 4.78 is 5.51. The van der Waals surface area contributed by atoms with Crippen LogP contribution in [0, 0.1) is 0 Å². The number of nitrogens with zero attached hydrogens (tertiary/aromatic N) is 1. The van der Waals surface area contributed by atoms with E-state index < -0.39 is 0 Å². The molecule has 1 aliphatic carbocycles. The fourth-order valence-corrected chi connectivity index (χ4v) is 3.47. The molecule has 0 aromatic heterocycles. The van der Waals surface area contributed by atoms with Crippen LogP contribution in [0.1, 0.15) is 36.9 Å². The summed E-state index contributed by atoms with van der Waals surface area (Å²) >= 11 is 12.2. The van der Waals surface area contributed by atoms with E-state index in [1.807, 2.05) is 37.3 Å². The van der Waals surface area contributed by atoms with Gasteiger partial charge in [0, 0.05) is 22.6 Å². The predicted octanol–water partition coefficient (Wildman–Crippen LogP) is 3.86. The maximum atomic E-state index is 11.7. The maximum absolute atomic E-state index is 11.7. The summed E-state index contributed by atoms with van der Waals surface area (Å²) in [5, 5.41) is 7.21. The summed E-state index contributed by atoms with van der Waals surface area (Å²) in [6.07, 6.45) is 2.87. The summed E-state index contributed by atoms with van der Waals surface area (Å²) in [4.78, 5) is 16.0. The lowest BCUT2D eigenvalue weighted by atomic mass is 10.1. The smallest absolute Gasteiger partial charge is 0.258 e. The number of halogens is 2. The Labute approximate surface area is 186 Å². The van der Waals surface area contributed by atoms with E-state index in [-0.39, 0.29) is 18.6 Å². The van der Waals surface area contributed by atoms with Gasteiger partial charge in [0.05, 0.1) is 6.04 Å². The maximum Gasteiger partial charge on any atom is 0.258 e. The molecule has 2 aromatic rings. The summed E-state index contributed by atoms with van der Waals surface area (Å²) in [7, 11) is 0. The first kappa shape index (κ1) is 22.2. The van der Waals surface area contributed by atoms with Crippen LogP contribution in [0.3, 0.4) is 0 Å². The minimum atomic E-state index is -0.0907. The molecule has 4 N–H and O–H groups in total. The molecule has 3 rings (SSSR count). The molecule has 1 amide bonds. The van der Waals surface area contributed by atoms with E-state index >= 15 is 0 Å². The number of carbonyl (C=O) groups is 1. The Morgan fingerprint density at radius 1 is 1.23 bits per heavy atom. The fraction of sp³-hybridized carbons (Fsp3) is 0.364. The molecule has 1 aliphatic rings. The number of rotatable bonds is 9. The monoisotopic (exact) mass is 448 g/mol. The second-order valence-electron chi connectivity index (χ2n) is 7.32. The van der Waals surface area contributed by atoms with E-state index in [0.717, 1.165) is 30.4 Å². The molecule has 0 bridgehead atoms. The van der Waals surface area contributed by atoms with Crippen molar-refractivity contribution in [1.82, 2.24) is 10.6 Å². The molecule has 30 heavy (non-hydrogen) atoms. The largest absolute Gasteiger partial charge is 0.484 e. The minimum Gasteiger partial charge on any atom is -0.484 e. The number of nitrogens with two attached hydrogens (primary N) is 1. The molecule has 1 fully saturated rings. The summed E-state index contributed by atoms with van der Waals surface area (Å²) in [6, 6.07) is 13.3. The lowest BCUT2D eigenvalue weighted by molar-refractivity contribution is -0.123. The van der Waals surface area contributed by atoms with Crippen LogP contribution < -0.4 is 21.1 Å². The van der Waals surface area contributed by atoms with Gasteiger partial charge in [-0.05, 0) is 61.6 Å². The van der Waals surface area contributed by atoms with Crippen molar-refractivity contribution in [3.63, 3.8) is 0 Å². The third kappa shape index (κ3) is 7.11. The molecule has 0 heterocycles. The number of benzene rings is 2. The van der Waals surface area contributed by atoms with Crippen molar-refractivity contribution in [2.24, 2.45) is 10.7 Å². The number of hydrogen-bond donors (Lipinski definition) is 3. The van der Waals surface area contributed by atoms with Gasteiger partial charge < -0.3 is 21.1 Å². The third-order valence-corrected chi connectivity index (χ3v) is 5.27. The molecule has 1 saturated carbocycles. The Bertz CT molecular complexity index is 899. The van der Waals surface area contributed by atoms with Gasteiger partial charge in [-0.25, -0.2) is 0 Å². The quantitative estimate of drug-likeness (QED) is 0.401. The number of amides is 1. The molecular formula is C22H26Cl2N4O2. The standard InChI is InChI=1S/C22H26Cl2N4O2/c1-14(19-9-4-16(23)12-20(19)24)27-22(25)26-11-10-15-2-7-18(8-3-15)30-13-21(29)28-17-5-6-17/h2-4,7-9,12,14,17H,5-6,10-11,13H2,1H3,(H,28,29)(H3,25,26,27). The van der Waals surface area contributed by atoms with Gasteiger partial charge >= 0.3 is 0 Å². The van der Waals surface area contributed by atoms with Crippen LogP contribution in [-0.4, -0.2) is 31.1 Å². The minimum absolute atomic E-state index is 0.0398. The average Bonchev–Trinajstić information content (AvgIpc) is 3.51. The van der Waals surface area contributed by atoms with Gasteiger partial charge in [-0.1, -0.05) is 41.4 Å². The van der Waals surface area contributed by atoms with Crippen molar-refractivity contribution < 1.29 is 9.53 Å². The highest BCUT2D eigenvalue weighted by Gasteiger charge is 2.23. The second kappa shape index (κ2) is 10.5. The zero-order chi connectivity index (χ0) is 21.5. The molecule has 160 valence electrons.